The van der Waals surface area contributed by atoms with Crippen molar-refractivity contribution >= 4 is 11.6 Å². The van der Waals surface area contributed by atoms with Crippen LogP contribution in [-0.4, -0.2) is 23.6 Å². The predicted octanol–water partition coefficient (Wildman–Crippen LogP) is 3.72. The van der Waals surface area contributed by atoms with Crippen LogP contribution in [0.1, 0.15) is 36.6 Å². The van der Waals surface area contributed by atoms with E-state index in [2.05, 4.69) is 5.16 Å². The fourth-order valence-electron chi connectivity index (χ4n) is 2.68. The van der Waals surface area contributed by atoms with E-state index in [1.54, 1.807) is 11.9 Å². The molecule has 0 aromatic heterocycles. The molecular formula is C19H20N2O2. The molecule has 0 fully saturated rings. The molecule has 3 rings (SSSR count). The number of rotatable bonds is 4. The zero-order chi connectivity index (χ0) is 16.2. The smallest absolute Gasteiger partial charge is 0.272 e. The third-order valence-corrected chi connectivity index (χ3v) is 4.27. The van der Waals surface area contributed by atoms with Gasteiger partial charge in [0.15, 0.2) is 6.10 Å². The second-order valence-corrected chi connectivity index (χ2v) is 5.75. The SMILES string of the molecule is C[C@H](c1ccccc1)N(C)C(=O)C1=NO[C@H](c2ccccc2)C1. The normalized spacial score (nSPS) is 18.0. The Morgan fingerprint density at radius 2 is 1.74 bits per heavy atom. The fraction of sp³-hybridized carbons (Fsp3) is 0.263. The quantitative estimate of drug-likeness (QED) is 0.863. The van der Waals surface area contributed by atoms with E-state index in [1.807, 2.05) is 67.6 Å². The van der Waals surface area contributed by atoms with Crippen molar-refractivity contribution in [1.82, 2.24) is 4.90 Å². The van der Waals surface area contributed by atoms with Gasteiger partial charge in [0.05, 0.1) is 6.04 Å². The monoisotopic (exact) mass is 308 g/mol. The zero-order valence-corrected chi connectivity index (χ0v) is 13.3. The predicted molar refractivity (Wildman–Crippen MR) is 89.9 cm³/mol. The Balaban J connectivity index is 1.67. The lowest BCUT2D eigenvalue weighted by Crippen LogP contribution is -2.34. The molecule has 0 N–H and O–H groups in total. The largest absolute Gasteiger partial charge is 0.387 e. The van der Waals surface area contributed by atoms with Gasteiger partial charge in [-0.3, -0.25) is 4.79 Å². The molecule has 0 saturated carbocycles. The van der Waals surface area contributed by atoms with Crippen molar-refractivity contribution < 1.29 is 9.63 Å². The maximum Gasteiger partial charge on any atom is 0.272 e. The Morgan fingerprint density at radius 3 is 2.39 bits per heavy atom. The highest BCUT2D eigenvalue weighted by atomic mass is 16.6. The Morgan fingerprint density at radius 1 is 1.13 bits per heavy atom. The number of carbonyl (C=O) groups is 1. The summed E-state index contributed by atoms with van der Waals surface area (Å²) in [5, 5.41) is 4.02. The number of hydrogen-bond donors (Lipinski definition) is 0. The molecule has 0 radical (unpaired) electrons. The first-order valence-corrected chi connectivity index (χ1v) is 7.76. The van der Waals surface area contributed by atoms with E-state index in [1.165, 1.54) is 0 Å². The van der Waals surface area contributed by atoms with Gasteiger partial charge in [0.2, 0.25) is 0 Å². The van der Waals surface area contributed by atoms with Crippen molar-refractivity contribution in [2.75, 3.05) is 7.05 Å². The van der Waals surface area contributed by atoms with Crippen LogP contribution in [0, 0.1) is 0 Å². The summed E-state index contributed by atoms with van der Waals surface area (Å²) in [4.78, 5) is 19.8. The van der Waals surface area contributed by atoms with Crippen molar-refractivity contribution in [3.63, 3.8) is 0 Å². The molecule has 0 unspecified atom stereocenters. The summed E-state index contributed by atoms with van der Waals surface area (Å²) >= 11 is 0. The summed E-state index contributed by atoms with van der Waals surface area (Å²) in [7, 11) is 1.80. The minimum Gasteiger partial charge on any atom is -0.387 e. The number of oxime groups is 1. The van der Waals surface area contributed by atoms with Crippen molar-refractivity contribution in [3.8, 4) is 0 Å². The average Bonchev–Trinajstić information content (AvgIpc) is 3.11. The molecule has 2 atom stereocenters. The van der Waals surface area contributed by atoms with Crippen LogP contribution in [0.5, 0.6) is 0 Å². The molecule has 23 heavy (non-hydrogen) atoms. The highest BCUT2D eigenvalue weighted by Crippen LogP contribution is 2.28. The molecule has 4 nitrogen and oxygen atoms in total. The number of nitrogens with zero attached hydrogens (tertiary/aromatic N) is 2. The summed E-state index contributed by atoms with van der Waals surface area (Å²) in [5.74, 6) is -0.0835. The van der Waals surface area contributed by atoms with Crippen LogP contribution in [-0.2, 0) is 9.63 Å². The van der Waals surface area contributed by atoms with Gasteiger partial charge in [0.1, 0.15) is 5.71 Å². The number of hydrogen-bond acceptors (Lipinski definition) is 3. The molecule has 118 valence electrons. The minimum absolute atomic E-state index is 0.0119. The molecule has 2 aromatic rings. The molecule has 1 heterocycles. The van der Waals surface area contributed by atoms with Gasteiger partial charge < -0.3 is 9.74 Å². The first-order valence-electron chi connectivity index (χ1n) is 7.76. The van der Waals surface area contributed by atoms with Gasteiger partial charge in [-0.25, -0.2) is 0 Å². The molecule has 2 aromatic carbocycles. The van der Waals surface area contributed by atoms with E-state index in [-0.39, 0.29) is 18.1 Å². The van der Waals surface area contributed by atoms with Crippen LogP contribution >= 0.6 is 0 Å². The van der Waals surface area contributed by atoms with Crippen molar-refractivity contribution in [2.45, 2.75) is 25.5 Å². The third-order valence-electron chi connectivity index (χ3n) is 4.27. The van der Waals surface area contributed by atoms with Crippen LogP contribution in [0.2, 0.25) is 0 Å². The molecule has 0 aliphatic carbocycles. The molecular weight excluding hydrogens is 288 g/mol. The van der Waals surface area contributed by atoms with Gasteiger partial charge in [-0.2, -0.15) is 0 Å². The van der Waals surface area contributed by atoms with E-state index < -0.39 is 0 Å². The highest BCUT2D eigenvalue weighted by molar-refractivity contribution is 6.39. The number of carbonyl (C=O) groups excluding carboxylic acids is 1. The average molecular weight is 308 g/mol. The summed E-state index contributed by atoms with van der Waals surface area (Å²) in [6.45, 7) is 2.01. The molecule has 1 aliphatic rings. The Kier molecular flexibility index (Phi) is 4.42. The second-order valence-electron chi connectivity index (χ2n) is 5.75. The lowest BCUT2D eigenvalue weighted by molar-refractivity contribution is -0.124. The van der Waals surface area contributed by atoms with Gasteiger partial charge in [-0.05, 0) is 18.1 Å². The van der Waals surface area contributed by atoms with Crippen LogP contribution in [0.15, 0.2) is 65.8 Å². The molecule has 0 bridgehead atoms. The van der Waals surface area contributed by atoms with Gasteiger partial charge in [0.25, 0.3) is 5.91 Å². The minimum atomic E-state index is -0.171. The Bertz CT molecular complexity index is 698. The summed E-state index contributed by atoms with van der Waals surface area (Å²) in [5.41, 5.74) is 2.62. The first-order chi connectivity index (χ1) is 11.2. The summed E-state index contributed by atoms with van der Waals surface area (Å²) in [6, 6.07) is 19.8. The van der Waals surface area contributed by atoms with Crippen molar-refractivity contribution in [3.05, 3.63) is 71.8 Å². The van der Waals surface area contributed by atoms with Crippen LogP contribution < -0.4 is 0 Å². The van der Waals surface area contributed by atoms with E-state index in [0.29, 0.717) is 12.1 Å². The lowest BCUT2D eigenvalue weighted by atomic mass is 10.0. The Labute approximate surface area is 136 Å². The molecule has 0 saturated heterocycles. The van der Waals surface area contributed by atoms with Crippen LogP contribution in [0.25, 0.3) is 0 Å². The number of amides is 1. The van der Waals surface area contributed by atoms with Gasteiger partial charge in [-0.1, -0.05) is 65.8 Å². The molecule has 1 aliphatic heterocycles. The first kappa shape index (κ1) is 15.3. The summed E-state index contributed by atoms with van der Waals surface area (Å²) in [6.07, 6.45) is 0.338. The number of benzene rings is 2. The van der Waals surface area contributed by atoms with Crippen molar-refractivity contribution in [2.24, 2.45) is 5.16 Å². The van der Waals surface area contributed by atoms with E-state index in [9.17, 15) is 4.79 Å². The topological polar surface area (TPSA) is 41.9 Å². The highest BCUT2D eigenvalue weighted by Gasteiger charge is 2.30. The molecule has 4 heteroatoms. The van der Waals surface area contributed by atoms with E-state index in [0.717, 1.165) is 11.1 Å². The fourth-order valence-corrected chi connectivity index (χ4v) is 2.68. The molecule has 0 spiro atoms. The maximum absolute atomic E-state index is 12.7. The zero-order valence-electron chi connectivity index (χ0n) is 13.3. The summed E-state index contributed by atoms with van der Waals surface area (Å²) < 4.78 is 0. The van der Waals surface area contributed by atoms with Crippen molar-refractivity contribution in [1.29, 1.82) is 0 Å². The van der Waals surface area contributed by atoms with Gasteiger partial charge in [0, 0.05) is 13.5 Å². The van der Waals surface area contributed by atoms with Gasteiger partial charge >= 0.3 is 0 Å². The Hall–Kier alpha value is -2.62. The maximum atomic E-state index is 12.7. The molecule has 1 amide bonds. The van der Waals surface area contributed by atoms with E-state index in [4.69, 9.17) is 4.84 Å². The third kappa shape index (κ3) is 3.26. The van der Waals surface area contributed by atoms with E-state index >= 15 is 0 Å². The standard InChI is InChI=1S/C19H20N2O2/c1-14(15-9-5-3-6-10-15)21(2)19(22)17-13-18(23-20-17)16-11-7-4-8-12-16/h3-12,14,18H,13H2,1-2H3/t14-,18+/m1/s1. The lowest BCUT2D eigenvalue weighted by Gasteiger charge is -2.25. The van der Waals surface area contributed by atoms with Gasteiger partial charge in [-0.15, -0.1) is 0 Å². The van der Waals surface area contributed by atoms with Crippen LogP contribution in [0.4, 0.5) is 0 Å². The second kappa shape index (κ2) is 6.65. The van der Waals surface area contributed by atoms with Crippen LogP contribution in [0.3, 0.4) is 0 Å².